The maximum atomic E-state index is 13.6. The molecule has 0 aliphatic rings. The summed E-state index contributed by atoms with van der Waals surface area (Å²) in [4.78, 5) is 39.0. The first-order chi connectivity index (χ1) is 18.9. The molecule has 1 N–H and O–H groups in total. The molecule has 0 spiro atoms. The molecular formula is C31H30N4O5. The predicted octanol–water partition coefficient (Wildman–Crippen LogP) is 6.07. The first kappa shape index (κ1) is 26.7. The Hall–Kier alpha value is -4.92. The zero-order chi connectivity index (χ0) is 28.8. The minimum absolute atomic E-state index is 0.228. The van der Waals surface area contributed by atoms with Gasteiger partial charge in [0.2, 0.25) is 5.91 Å². The molecule has 0 saturated heterocycles. The van der Waals surface area contributed by atoms with Gasteiger partial charge in [-0.1, -0.05) is 6.07 Å². The fraction of sp³-hybridized carbons (Fsp3) is 0.226. The maximum Gasteiger partial charge on any atom is 0.338 e. The van der Waals surface area contributed by atoms with E-state index in [-0.39, 0.29) is 5.91 Å². The molecular weight excluding hydrogens is 508 g/mol. The molecule has 0 unspecified atom stereocenters. The summed E-state index contributed by atoms with van der Waals surface area (Å²) in [5.41, 5.74) is 3.42. The molecule has 0 bridgehead atoms. The van der Waals surface area contributed by atoms with E-state index in [0.29, 0.717) is 33.5 Å². The van der Waals surface area contributed by atoms with Crippen molar-refractivity contribution in [3.8, 4) is 16.9 Å². The Morgan fingerprint density at radius 2 is 1.68 bits per heavy atom. The summed E-state index contributed by atoms with van der Waals surface area (Å²) in [5, 5.41) is 8.74. The van der Waals surface area contributed by atoms with Gasteiger partial charge in [0, 0.05) is 36.6 Å². The Balaban J connectivity index is 1.58. The minimum atomic E-state index is -0.696. The van der Waals surface area contributed by atoms with Crippen LogP contribution in [-0.2, 0) is 11.8 Å². The lowest BCUT2D eigenvalue weighted by molar-refractivity contribution is 0.00693. The van der Waals surface area contributed by atoms with Crippen molar-refractivity contribution in [2.24, 2.45) is 7.05 Å². The number of fused-ring (bicyclic) bond motifs is 2. The molecule has 204 valence electrons. The van der Waals surface area contributed by atoms with E-state index in [9.17, 15) is 14.4 Å². The highest BCUT2D eigenvalue weighted by atomic mass is 16.6. The summed E-state index contributed by atoms with van der Waals surface area (Å²) in [6.07, 6.45) is 3.29. The molecule has 2 aromatic heterocycles. The predicted molar refractivity (Wildman–Crippen MR) is 154 cm³/mol. The van der Waals surface area contributed by atoms with Gasteiger partial charge in [-0.3, -0.25) is 18.8 Å². The molecule has 0 fully saturated rings. The number of rotatable bonds is 5. The number of esters is 1. The highest BCUT2D eigenvalue weighted by Gasteiger charge is 2.22. The summed E-state index contributed by atoms with van der Waals surface area (Å²) in [6, 6.07) is 16.2. The number of aromatic nitrogens is 3. The molecule has 0 aliphatic heterocycles. The van der Waals surface area contributed by atoms with E-state index >= 15 is 0 Å². The second-order valence-corrected chi connectivity index (χ2v) is 10.6. The van der Waals surface area contributed by atoms with Gasteiger partial charge in [0.1, 0.15) is 11.4 Å². The third-order valence-electron chi connectivity index (χ3n) is 6.50. The van der Waals surface area contributed by atoms with E-state index in [0.717, 1.165) is 22.0 Å². The molecule has 2 heterocycles. The summed E-state index contributed by atoms with van der Waals surface area (Å²) in [5.74, 6) is -0.615. The van der Waals surface area contributed by atoms with Crippen LogP contribution in [0.5, 0.6) is 5.75 Å². The number of ether oxygens (including phenoxy) is 2. The first-order valence-corrected chi connectivity index (χ1v) is 12.8. The lowest BCUT2D eigenvalue weighted by Crippen LogP contribution is -2.24. The molecule has 1 amide bonds. The number of methoxy groups -OCH3 is 1. The highest BCUT2D eigenvalue weighted by molar-refractivity contribution is 6.15. The average molecular weight is 539 g/mol. The number of hydrogen-bond acceptors (Lipinski definition) is 6. The van der Waals surface area contributed by atoms with Crippen LogP contribution in [-0.4, -0.2) is 44.8 Å². The molecule has 0 saturated carbocycles. The van der Waals surface area contributed by atoms with Crippen molar-refractivity contribution < 1.29 is 23.9 Å². The number of amides is 1. The van der Waals surface area contributed by atoms with E-state index < -0.39 is 17.5 Å². The fourth-order valence-corrected chi connectivity index (χ4v) is 4.64. The molecule has 0 aliphatic carbocycles. The van der Waals surface area contributed by atoms with Crippen molar-refractivity contribution in [2.75, 3.05) is 12.4 Å². The number of aryl methyl sites for hydroxylation is 1. The molecule has 9 heteroatoms. The van der Waals surface area contributed by atoms with Gasteiger partial charge in [0.25, 0.3) is 5.91 Å². The summed E-state index contributed by atoms with van der Waals surface area (Å²) in [7, 11) is 3.41. The number of nitrogens with zero attached hydrogens (tertiary/aromatic N) is 3. The highest BCUT2D eigenvalue weighted by Crippen LogP contribution is 2.31. The number of benzene rings is 3. The van der Waals surface area contributed by atoms with Crippen molar-refractivity contribution in [3.63, 3.8) is 0 Å². The number of nitrogens with one attached hydrogen (secondary N) is 1. The van der Waals surface area contributed by atoms with Crippen LogP contribution in [0.2, 0.25) is 0 Å². The third kappa shape index (κ3) is 5.18. The van der Waals surface area contributed by atoms with Crippen molar-refractivity contribution in [3.05, 3.63) is 78.1 Å². The van der Waals surface area contributed by atoms with Crippen LogP contribution in [0.4, 0.5) is 5.69 Å². The van der Waals surface area contributed by atoms with Gasteiger partial charge in [0.05, 0.1) is 35.5 Å². The topological polar surface area (TPSA) is 104 Å². The monoisotopic (exact) mass is 538 g/mol. The Morgan fingerprint density at radius 1 is 0.925 bits per heavy atom. The molecule has 5 aromatic rings. The standard InChI is InChI=1S/C31H30N4O5/c1-18(36)35-17-26(25-15-24(39-6)8-10-28(25)35)29(37)33-23-13-20(12-21(14-23)30(38)40-31(2,3)4)19-7-9-27-22(11-19)16-32-34(27)5/h7-17H,1-6H3,(H,33,37). The lowest BCUT2D eigenvalue weighted by atomic mass is 10.0. The van der Waals surface area contributed by atoms with Gasteiger partial charge in [-0.25, -0.2) is 4.79 Å². The molecule has 0 atom stereocenters. The molecule has 5 rings (SSSR count). The van der Waals surface area contributed by atoms with Crippen LogP contribution >= 0.6 is 0 Å². The van der Waals surface area contributed by atoms with Gasteiger partial charge >= 0.3 is 5.97 Å². The SMILES string of the molecule is COc1ccc2c(c1)c(C(=O)Nc1cc(C(=O)OC(C)(C)C)cc(-c3ccc4c(cnn4C)c3)c1)cn2C(C)=O. The molecule has 0 radical (unpaired) electrons. The number of carbonyl (C=O) groups is 3. The van der Waals surface area contributed by atoms with Gasteiger partial charge in [0.15, 0.2) is 0 Å². The van der Waals surface area contributed by atoms with Crippen LogP contribution in [0.15, 0.2) is 67.0 Å². The smallest absolute Gasteiger partial charge is 0.338 e. The van der Waals surface area contributed by atoms with E-state index in [1.54, 1.807) is 68.0 Å². The van der Waals surface area contributed by atoms with Crippen LogP contribution in [0.1, 0.15) is 53.2 Å². The largest absolute Gasteiger partial charge is 0.497 e. The maximum absolute atomic E-state index is 13.6. The Labute approximate surface area is 231 Å². The van der Waals surface area contributed by atoms with E-state index in [4.69, 9.17) is 9.47 Å². The normalized spacial score (nSPS) is 11.6. The fourth-order valence-electron chi connectivity index (χ4n) is 4.64. The summed E-state index contributed by atoms with van der Waals surface area (Å²) in [6.45, 7) is 6.83. The number of carbonyl (C=O) groups excluding carboxylic acids is 3. The van der Waals surface area contributed by atoms with Crippen LogP contribution in [0, 0.1) is 0 Å². The molecule has 3 aromatic carbocycles. The minimum Gasteiger partial charge on any atom is -0.497 e. The van der Waals surface area contributed by atoms with Gasteiger partial charge in [-0.05, 0) is 80.4 Å². The summed E-state index contributed by atoms with van der Waals surface area (Å²) >= 11 is 0. The van der Waals surface area contributed by atoms with E-state index in [1.807, 2.05) is 25.2 Å². The zero-order valence-corrected chi connectivity index (χ0v) is 23.2. The van der Waals surface area contributed by atoms with Crippen LogP contribution in [0.3, 0.4) is 0 Å². The summed E-state index contributed by atoms with van der Waals surface area (Å²) < 4.78 is 14.2. The average Bonchev–Trinajstić information content (AvgIpc) is 3.47. The van der Waals surface area contributed by atoms with Gasteiger partial charge < -0.3 is 14.8 Å². The first-order valence-electron chi connectivity index (χ1n) is 12.8. The molecule has 9 nitrogen and oxygen atoms in total. The number of anilines is 1. The van der Waals surface area contributed by atoms with E-state index in [2.05, 4.69) is 10.4 Å². The van der Waals surface area contributed by atoms with Crippen LogP contribution < -0.4 is 10.1 Å². The van der Waals surface area contributed by atoms with Crippen molar-refractivity contribution in [2.45, 2.75) is 33.3 Å². The Kier molecular flexibility index (Phi) is 6.67. The van der Waals surface area contributed by atoms with Crippen LogP contribution in [0.25, 0.3) is 32.9 Å². The van der Waals surface area contributed by atoms with Crippen molar-refractivity contribution in [1.29, 1.82) is 0 Å². The Bertz CT molecular complexity index is 1810. The quantitative estimate of drug-likeness (QED) is 0.272. The Morgan fingerprint density at radius 3 is 2.38 bits per heavy atom. The van der Waals surface area contributed by atoms with Gasteiger partial charge in [-0.2, -0.15) is 5.10 Å². The lowest BCUT2D eigenvalue weighted by Gasteiger charge is -2.20. The van der Waals surface area contributed by atoms with E-state index in [1.165, 1.54) is 24.8 Å². The molecule has 40 heavy (non-hydrogen) atoms. The third-order valence-corrected chi connectivity index (χ3v) is 6.50. The van der Waals surface area contributed by atoms with Crippen molar-refractivity contribution in [1.82, 2.24) is 14.3 Å². The van der Waals surface area contributed by atoms with Gasteiger partial charge in [-0.15, -0.1) is 0 Å². The van der Waals surface area contributed by atoms with Crippen molar-refractivity contribution >= 4 is 45.3 Å². The number of hydrogen-bond donors (Lipinski definition) is 1. The zero-order valence-electron chi connectivity index (χ0n) is 23.2. The second kappa shape index (κ2) is 10.00. The second-order valence-electron chi connectivity index (χ2n) is 10.6.